The number of ether oxygens (including phenoxy) is 1. The van der Waals surface area contributed by atoms with E-state index in [0.717, 1.165) is 16.7 Å². The Balaban J connectivity index is 1.55. The molecule has 31 heavy (non-hydrogen) atoms. The highest BCUT2D eigenvalue weighted by atomic mass is 35.5. The molecule has 6 nitrogen and oxygen atoms in total. The highest BCUT2D eigenvalue weighted by Crippen LogP contribution is 2.26. The number of hydrogen-bond donors (Lipinski definition) is 1. The number of carbonyl (C=O) groups excluding carboxylic acids is 1. The summed E-state index contributed by atoms with van der Waals surface area (Å²) in [5.74, 6) is 0.984. The van der Waals surface area contributed by atoms with E-state index < -0.39 is 6.04 Å². The predicted octanol–water partition coefficient (Wildman–Crippen LogP) is 4.98. The first-order chi connectivity index (χ1) is 15.1. The fourth-order valence-electron chi connectivity index (χ4n) is 3.06. The summed E-state index contributed by atoms with van der Waals surface area (Å²) >= 11 is 6.03. The molecule has 0 radical (unpaired) electrons. The largest absolute Gasteiger partial charge is 0.484 e. The standard InChI is InChI=1S/C24H20ClN3O3/c1-16-7-5-6-10-20(16)30-15-21(29)26-22(17-11-13-19(25)14-12-17)24-28-27-23(31-24)18-8-3-2-4-9-18/h2-14,22H,15H2,1H3,(H,26,29)/t22-/m1/s1. The molecule has 0 unspecified atom stereocenters. The number of nitrogens with zero attached hydrogens (tertiary/aromatic N) is 2. The number of para-hydroxylation sites is 1. The Morgan fingerprint density at radius 2 is 1.71 bits per heavy atom. The molecule has 0 aliphatic heterocycles. The van der Waals surface area contributed by atoms with E-state index in [2.05, 4.69) is 15.5 Å². The molecule has 0 aliphatic rings. The molecule has 0 fully saturated rings. The third kappa shape index (κ3) is 5.10. The van der Waals surface area contributed by atoms with Crippen molar-refractivity contribution >= 4 is 17.5 Å². The molecule has 1 heterocycles. The lowest BCUT2D eigenvalue weighted by Gasteiger charge is -2.16. The van der Waals surface area contributed by atoms with E-state index in [1.165, 1.54) is 0 Å². The van der Waals surface area contributed by atoms with E-state index in [-0.39, 0.29) is 18.4 Å². The average Bonchev–Trinajstić information content (AvgIpc) is 3.28. The summed E-state index contributed by atoms with van der Waals surface area (Å²) in [4.78, 5) is 12.7. The van der Waals surface area contributed by atoms with Gasteiger partial charge < -0.3 is 14.5 Å². The van der Waals surface area contributed by atoms with Gasteiger partial charge in [0.05, 0.1) is 0 Å². The molecular weight excluding hydrogens is 414 g/mol. The van der Waals surface area contributed by atoms with E-state index in [1.54, 1.807) is 12.1 Å². The summed E-state index contributed by atoms with van der Waals surface area (Å²) in [7, 11) is 0. The third-order valence-electron chi connectivity index (χ3n) is 4.67. The average molecular weight is 434 g/mol. The van der Waals surface area contributed by atoms with Gasteiger partial charge >= 0.3 is 0 Å². The van der Waals surface area contributed by atoms with Crippen molar-refractivity contribution in [3.63, 3.8) is 0 Å². The Hall–Kier alpha value is -3.64. The number of aromatic nitrogens is 2. The molecule has 1 amide bonds. The van der Waals surface area contributed by atoms with Crippen LogP contribution in [0.1, 0.15) is 23.1 Å². The summed E-state index contributed by atoms with van der Waals surface area (Å²) in [6.07, 6.45) is 0. The van der Waals surface area contributed by atoms with E-state index in [4.69, 9.17) is 20.8 Å². The number of nitrogens with one attached hydrogen (secondary N) is 1. The molecule has 1 atom stereocenters. The molecule has 0 spiro atoms. The van der Waals surface area contributed by atoms with E-state index in [1.807, 2.05) is 73.7 Å². The second kappa shape index (κ2) is 9.45. The van der Waals surface area contributed by atoms with Gasteiger partial charge in [0.15, 0.2) is 6.61 Å². The minimum atomic E-state index is -0.643. The van der Waals surface area contributed by atoms with Crippen molar-refractivity contribution in [2.24, 2.45) is 0 Å². The highest BCUT2D eigenvalue weighted by Gasteiger charge is 2.24. The second-order valence-electron chi connectivity index (χ2n) is 6.92. The minimum absolute atomic E-state index is 0.144. The molecule has 1 aromatic heterocycles. The van der Waals surface area contributed by atoms with Crippen LogP contribution in [0.5, 0.6) is 5.75 Å². The summed E-state index contributed by atoms with van der Waals surface area (Å²) in [5.41, 5.74) is 2.51. The van der Waals surface area contributed by atoms with Gasteiger partial charge in [0, 0.05) is 10.6 Å². The molecule has 0 saturated carbocycles. The van der Waals surface area contributed by atoms with Gasteiger partial charge in [0.25, 0.3) is 5.91 Å². The van der Waals surface area contributed by atoms with E-state index in [9.17, 15) is 4.79 Å². The number of rotatable bonds is 7. The van der Waals surface area contributed by atoms with Crippen molar-refractivity contribution < 1.29 is 13.9 Å². The van der Waals surface area contributed by atoms with Gasteiger partial charge in [-0.15, -0.1) is 10.2 Å². The van der Waals surface area contributed by atoms with Crippen LogP contribution in [0.15, 0.2) is 83.3 Å². The molecular formula is C24H20ClN3O3. The maximum Gasteiger partial charge on any atom is 0.258 e. The van der Waals surface area contributed by atoms with Crippen molar-refractivity contribution in [1.82, 2.24) is 15.5 Å². The van der Waals surface area contributed by atoms with Gasteiger partial charge in [0.2, 0.25) is 11.8 Å². The van der Waals surface area contributed by atoms with Crippen molar-refractivity contribution in [3.8, 4) is 17.2 Å². The topological polar surface area (TPSA) is 77.2 Å². The minimum Gasteiger partial charge on any atom is -0.484 e. The molecule has 4 aromatic rings. The first-order valence-electron chi connectivity index (χ1n) is 9.72. The van der Waals surface area contributed by atoms with Crippen molar-refractivity contribution in [2.45, 2.75) is 13.0 Å². The number of aryl methyl sites for hydroxylation is 1. The highest BCUT2D eigenvalue weighted by molar-refractivity contribution is 6.30. The van der Waals surface area contributed by atoms with Gasteiger partial charge in [-0.2, -0.15) is 0 Å². The van der Waals surface area contributed by atoms with Crippen molar-refractivity contribution in [3.05, 3.63) is 101 Å². The summed E-state index contributed by atoms with van der Waals surface area (Å²) in [6, 6.07) is 23.4. The van der Waals surface area contributed by atoms with Gasteiger partial charge in [-0.05, 0) is 48.4 Å². The number of hydrogen-bond acceptors (Lipinski definition) is 5. The van der Waals surface area contributed by atoms with Crippen LogP contribution in [-0.2, 0) is 4.79 Å². The maximum absolute atomic E-state index is 12.7. The van der Waals surface area contributed by atoms with E-state index in [0.29, 0.717) is 16.7 Å². The van der Waals surface area contributed by atoms with Crippen LogP contribution >= 0.6 is 11.6 Å². The van der Waals surface area contributed by atoms with Crippen LogP contribution < -0.4 is 10.1 Å². The molecule has 156 valence electrons. The Bertz CT molecular complexity index is 1160. The molecule has 0 aliphatic carbocycles. The number of amides is 1. The first kappa shape index (κ1) is 20.6. The molecule has 4 rings (SSSR count). The summed E-state index contributed by atoms with van der Waals surface area (Å²) in [6.45, 7) is 1.78. The van der Waals surface area contributed by atoms with Crippen LogP contribution in [0.3, 0.4) is 0 Å². The Morgan fingerprint density at radius 1 is 1.00 bits per heavy atom. The Labute approximate surface area is 184 Å². The molecule has 3 aromatic carbocycles. The SMILES string of the molecule is Cc1ccccc1OCC(=O)N[C@H](c1ccc(Cl)cc1)c1nnc(-c2ccccc2)o1. The zero-order chi connectivity index (χ0) is 21.6. The Morgan fingerprint density at radius 3 is 2.45 bits per heavy atom. The van der Waals surface area contributed by atoms with Gasteiger partial charge in [-0.25, -0.2) is 0 Å². The lowest BCUT2D eigenvalue weighted by Crippen LogP contribution is -2.33. The lowest BCUT2D eigenvalue weighted by molar-refractivity contribution is -0.123. The predicted molar refractivity (Wildman–Crippen MR) is 118 cm³/mol. The fourth-order valence-corrected chi connectivity index (χ4v) is 3.18. The summed E-state index contributed by atoms with van der Waals surface area (Å²) in [5, 5.41) is 11.8. The molecule has 0 bridgehead atoms. The molecule has 1 N–H and O–H groups in total. The quantitative estimate of drug-likeness (QED) is 0.444. The zero-order valence-electron chi connectivity index (χ0n) is 16.8. The van der Waals surface area contributed by atoms with Crippen molar-refractivity contribution in [1.29, 1.82) is 0 Å². The molecule has 7 heteroatoms. The zero-order valence-corrected chi connectivity index (χ0v) is 17.5. The van der Waals surface area contributed by atoms with Crippen LogP contribution in [-0.4, -0.2) is 22.7 Å². The van der Waals surface area contributed by atoms with Gasteiger partial charge in [-0.1, -0.05) is 60.1 Å². The third-order valence-corrected chi connectivity index (χ3v) is 4.92. The van der Waals surface area contributed by atoms with Crippen molar-refractivity contribution in [2.75, 3.05) is 6.61 Å². The molecule has 0 saturated heterocycles. The van der Waals surface area contributed by atoms with Crippen LogP contribution in [0.25, 0.3) is 11.5 Å². The lowest BCUT2D eigenvalue weighted by atomic mass is 10.1. The number of halogens is 1. The monoisotopic (exact) mass is 433 g/mol. The summed E-state index contributed by atoms with van der Waals surface area (Å²) < 4.78 is 11.6. The van der Waals surface area contributed by atoms with E-state index >= 15 is 0 Å². The Kier molecular flexibility index (Phi) is 6.29. The normalized spacial score (nSPS) is 11.7. The van der Waals surface area contributed by atoms with Crippen LogP contribution in [0, 0.1) is 6.92 Å². The van der Waals surface area contributed by atoms with Crippen LogP contribution in [0.4, 0.5) is 0 Å². The van der Waals surface area contributed by atoms with Gasteiger partial charge in [-0.3, -0.25) is 4.79 Å². The smallest absolute Gasteiger partial charge is 0.258 e. The fraction of sp³-hybridized carbons (Fsp3) is 0.125. The number of carbonyl (C=O) groups is 1. The number of benzene rings is 3. The maximum atomic E-state index is 12.7. The first-order valence-corrected chi connectivity index (χ1v) is 10.1. The van der Waals surface area contributed by atoms with Crippen LogP contribution in [0.2, 0.25) is 5.02 Å². The second-order valence-corrected chi connectivity index (χ2v) is 7.35. The van der Waals surface area contributed by atoms with Gasteiger partial charge in [0.1, 0.15) is 11.8 Å².